The highest BCUT2D eigenvalue weighted by Crippen LogP contribution is 2.39. The number of hydrogen-bond donors (Lipinski definition) is 2. The lowest BCUT2D eigenvalue weighted by molar-refractivity contribution is 0.102. The molecule has 1 unspecified atom stereocenters. The highest BCUT2D eigenvalue weighted by molar-refractivity contribution is 7.13. The van der Waals surface area contributed by atoms with Crippen molar-refractivity contribution in [3.8, 4) is 16.5 Å². The van der Waals surface area contributed by atoms with E-state index in [9.17, 15) is 4.79 Å². The Hall–Kier alpha value is -3.68. The Morgan fingerprint density at radius 3 is 3.00 bits per heavy atom. The van der Waals surface area contributed by atoms with E-state index < -0.39 is 0 Å². The number of amides is 1. The molecule has 1 saturated carbocycles. The van der Waals surface area contributed by atoms with Gasteiger partial charge < -0.3 is 19.5 Å². The van der Waals surface area contributed by atoms with E-state index in [1.165, 1.54) is 30.5 Å². The largest absolute Gasteiger partial charge is 0.366 e. The maximum absolute atomic E-state index is 13.1. The molecule has 13 heteroatoms. The van der Waals surface area contributed by atoms with Gasteiger partial charge >= 0.3 is 0 Å². The van der Waals surface area contributed by atoms with E-state index in [0.717, 1.165) is 43.3 Å². The molecule has 6 heterocycles. The van der Waals surface area contributed by atoms with Gasteiger partial charge in [-0.05, 0) is 18.9 Å². The predicted octanol–water partition coefficient (Wildman–Crippen LogP) is 2.12. The molecule has 1 atom stereocenters. The summed E-state index contributed by atoms with van der Waals surface area (Å²) >= 11 is 1.37. The summed E-state index contributed by atoms with van der Waals surface area (Å²) in [7, 11) is 0. The first-order valence-corrected chi connectivity index (χ1v) is 12.8. The van der Waals surface area contributed by atoms with Crippen LogP contribution in [0.1, 0.15) is 34.9 Å². The van der Waals surface area contributed by atoms with Crippen molar-refractivity contribution in [1.29, 1.82) is 0 Å². The summed E-state index contributed by atoms with van der Waals surface area (Å²) in [5.74, 6) is 1.22. The number of aromatic nitrogens is 7. The number of rotatable bonds is 6. The third-order valence-corrected chi connectivity index (χ3v) is 7.70. The lowest BCUT2D eigenvalue weighted by Crippen LogP contribution is -2.51. The van der Waals surface area contributed by atoms with Gasteiger partial charge in [-0.2, -0.15) is 5.10 Å². The van der Waals surface area contributed by atoms with Crippen molar-refractivity contribution < 1.29 is 9.53 Å². The molecule has 4 aromatic rings. The molecule has 0 aromatic carbocycles. The van der Waals surface area contributed by atoms with Crippen LogP contribution < -0.4 is 10.2 Å². The first-order chi connectivity index (χ1) is 17.7. The van der Waals surface area contributed by atoms with Crippen LogP contribution in [0.15, 0.2) is 36.5 Å². The molecular weight excluding hydrogens is 480 g/mol. The van der Waals surface area contributed by atoms with Crippen molar-refractivity contribution >= 4 is 28.7 Å². The predicted molar refractivity (Wildman–Crippen MR) is 132 cm³/mol. The van der Waals surface area contributed by atoms with Crippen molar-refractivity contribution in [3.63, 3.8) is 0 Å². The third kappa shape index (κ3) is 4.04. The van der Waals surface area contributed by atoms with Crippen LogP contribution in [0.3, 0.4) is 0 Å². The minimum atomic E-state index is -0.325. The number of piperazine rings is 1. The first kappa shape index (κ1) is 21.6. The number of nitrogens with zero attached hydrogens (tertiary/aromatic N) is 8. The summed E-state index contributed by atoms with van der Waals surface area (Å²) < 4.78 is 7.68. The maximum Gasteiger partial charge on any atom is 0.275 e. The van der Waals surface area contributed by atoms with Gasteiger partial charge in [0.2, 0.25) is 0 Å². The number of thiazole rings is 1. The molecule has 12 nitrogen and oxygen atoms in total. The van der Waals surface area contributed by atoms with Crippen molar-refractivity contribution in [1.82, 2.24) is 39.6 Å². The quantitative estimate of drug-likeness (QED) is 0.405. The van der Waals surface area contributed by atoms with Crippen LogP contribution >= 0.6 is 11.3 Å². The number of pyridine rings is 1. The van der Waals surface area contributed by atoms with Gasteiger partial charge in [-0.25, -0.2) is 19.9 Å². The van der Waals surface area contributed by atoms with Gasteiger partial charge in [0.25, 0.3) is 5.91 Å². The maximum atomic E-state index is 13.1. The van der Waals surface area contributed by atoms with Gasteiger partial charge in [0, 0.05) is 37.1 Å². The van der Waals surface area contributed by atoms with E-state index >= 15 is 0 Å². The van der Waals surface area contributed by atoms with E-state index in [4.69, 9.17) is 4.74 Å². The molecule has 3 fully saturated rings. The highest BCUT2D eigenvalue weighted by Gasteiger charge is 2.33. The van der Waals surface area contributed by atoms with E-state index in [1.807, 2.05) is 17.0 Å². The average molecular weight is 505 g/mol. The van der Waals surface area contributed by atoms with Crippen molar-refractivity contribution in [2.75, 3.05) is 43.2 Å². The summed E-state index contributed by atoms with van der Waals surface area (Å²) in [5.41, 5.74) is 3.29. The van der Waals surface area contributed by atoms with Crippen molar-refractivity contribution in [3.05, 3.63) is 47.9 Å². The molecule has 1 amide bonds. The molecule has 36 heavy (non-hydrogen) atoms. The number of fused-ring (bicyclic) bond motifs is 1. The van der Waals surface area contributed by atoms with Crippen LogP contribution in [-0.4, -0.2) is 84.5 Å². The Morgan fingerprint density at radius 2 is 2.14 bits per heavy atom. The second-order valence-electron chi connectivity index (χ2n) is 9.28. The summed E-state index contributed by atoms with van der Waals surface area (Å²) in [5, 5.41) is 11.9. The minimum absolute atomic E-state index is 0.312. The Balaban J connectivity index is 1.18. The second-order valence-corrected chi connectivity index (χ2v) is 10.1. The standard InChI is InChI=1S/C23H24N10O2S/c34-22(28-20-10-36-23(29-20)21-25-11-27-30-21)16-5-18(33-8-17(26-12-33)14-1-2-14)19(6-24-16)31-3-4-32-13-35-9-15(32)7-31/h5-6,8,10-12,14-15H,1-4,7,9,13H2,(H,28,34)(H,25,27,30). The molecule has 0 bridgehead atoms. The number of nitrogens with one attached hydrogen (secondary N) is 2. The molecule has 3 aliphatic rings. The lowest BCUT2D eigenvalue weighted by atomic mass is 10.1. The fourth-order valence-electron chi connectivity index (χ4n) is 4.75. The van der Waals surface area contributed by atoms with Gasteiger partial charge in [0.15, 0.2) is 10.8 Å². The number of H-pyrrole nitrogens is 1. The summed E-state index contributed by atoms with van der Waals surface area (Å²) in [6.07, 6.45) is 9.51. The smallest absolute Gasteiger partial charge is 0.275 e. The summed E-state index contributed by atoms with van der Waals surface area (Å²) in [4.78, 5) is 35.6. The molecule has 1 aliphatic carbocycles. The Labute approximate surface area is 210 Å². The Bertz CT molecular complexity index is 1400. The Kier molecular flexibility index (Phi) is 5.26. The number of carbonyl (C=O) groups excluding carboxylic acids is 1. The third-order valence-electron chi connectivity index (χ3n) is 6.85. The molecule has 0 radical (unpaired) electrons. The molecule has 2 aliphatic heterocycles. The zero-order valence-corrected chi connectivity index (χ0v) is 20.2. The van der Waals surface area contributed by atoms with E-state index in [1.54, 1.807) is 11.6 Å². The number of anilines is 2. The molecule has 184 valence electrons. The molecular formula is C23H24N10O2S. The van der Waals surface area contributed by atoms with Gasteiger partial charge in [0.1, 0.15) is 17.8 Å². The van der Waals surface area contributed by atoms with Crippen molar-refractivity contribution in [2.24, 2.45) is 0 Å². The van der Waals surface area contributed by atoms with Crippen LogP contribution in [0.4, 0.5) is 11.5 Å². The van der Waals surface area contributed by atoms with E-state index in [0.29, 0.717) is 41.0 Å². The number of hydrogen-bond acceptors (Lipinski definition) is 10. The summed E-state index contributed by atoms with van der Waals surface area (Å²) in [6, 6.07) is 2.20. The van der Waals surface area contributed by atoms with Crippen LogP contribution in [0, 0.1) is 0 Å². The highest BCUT2D eigenvalue weighted by atomic mass is 32.1. The van der Waals surface area contributed by atoms with Crippen LogP contribution in [-0.2, 0) is 4.74 Å². The van der Waals surface area contributed by atoms with Crippen molar-refractivity contribution in [2.45, 2.75) is 24.8 Å². The molecule has 4 aromatic heterocycles. The van der Waals surface area contributed by atoms with E-state index in [-0.39, 0.29) is 5.91 Å². The molecule has 7 rings (SSSR count). The lowest BCUT2D eigenvalue weighted by Gasteiger charge is -2.38. The van der Waals surface area contributed by atoms with Gasteiger partial charge in [-0.1, -0.05) is 0 Å². The molecule has 2 saturated heterocycles. The zero-order chi connectivity index (χ0) is 24.1. The normalized spacial score (nSPS) is 20.0. The fraction of sp³-hybridized carbons (Fsp3) is 0.391. The van der Waals surface area contributed by atoms with Crippen LogP contribution in [0.2, 0.25) is 0 Å². The number of carbonyl (C=O) groups is 1. The number of ether oxygens (including phenoxy) is 1. The monoisotopic (exact) mass is 504 g/mol. The van der Waals surface area contributed by atoms with Crippen LogP contribution in [0.5, 0.6) is 0 Å². The SMILES string of the molecule is O=C(Nc1csc(-c2ncn[nH]2)n1)c1cc(-n2cnc(C3CC3)c2)c(N2CCN3COCC3C2)cn1. The zero-order valence-electron chi connectivity index (χ0n) is 19.4. The van der Waals surface area contributed by atoms with Gasteiger partial charge in [-0.3, -0.25) is 14.8 Å². The average Bonchev–Trinajstić information content (AvgIpc) is 3.40. The number of imidazole rings is 1. The fourth-order valence-corrected chi connectivity index (χ4v) is 5.44. The second kappa shape index (κ2) is 8.76. The molecule has 2 N–H and O–H groups in total. The summed E-state index contributed by atoms with van der Waals surface area (Å²) in [6.45, 7) is 4.09. The van der Waals surface area contributed by atoms with E-state index in [2.05, 4.69) is 51.4 Å². The van der Waals surface area contributed by atoms with Gasteiger partial charge in [-0.15, -0.1) is 11.3 Å². The Morgan fingerprint density at radius 1 is 1.19 bits per heavy atom. The topological polar surface area (TPSA) is 130 Å². The first-order valence-electron chi connectivity index (χ1n) is 11.9. The van der Waals surface area contributed by atoms with Crippen LogP contribution in [0.25, 0.3) is 16.5 Å². The molecule has 0 spiro atoms. The van der Waals surface area contributed by atoms with Gasteiger partial charge in [0.05, 0.1) is 49.0 Å². The minimum Gasteiger partial charge on any atom is -0.366 e. The number of aromatic amines is 1.